The van der Waals surface area contributed by atoms with Crippen molar-refractivity contribution in [2.75, 3.05) is 25.6 Å². The smallest absolute Gasteiger partial charge is 0.286 e. The Morgan fingerprint density at radius 1 is 0.330 bits per heavy atom. The molecule has 0 aliphatic carbocycles. The van der Waals surface area contributed by atoms with Crippen molar-refractivity contribution in [3.8, 4) is 88.3 Å². The van der Waals surface area contributed by atoms with Gasteiger partial charge < -0.3 is 19.9 Å². The summed E-state index contributed by atoms with van der Waals surface area (Å²) in [6, 6.07) is 21.7. The molecule has 6 rings (SSSR count). The molecule has 508 valence electrons. The highest BCUT2D eigenvalue weighted by atomic mass is 16.6. The number of unbranched alkanes of at least 4 members (excludes halogenated alkanes) is 15. The normalized spacial score (nSPS) is 9.98. The van der Waals surface area contributed by atoms with Gasteiger partial charge in [-0.05, 0) is 163 Å². The molecule has 0 aromatic heterocycles. The highest BCUT2D eigenvalue weighted by Crippen LogP contribution is 2.31. The molecule has 0 fully saturated rings. The van der Waals surface area contributed by atoms with Gasteiger partial charge >= 0.3 is 0 Å². The fourth-order valence-electron chi connectivity index (χ4n) is 9.92. The Morgan fingerprint density at radius 2 is 0.629 bits per heavy atom. The molecule has 0 aliphatic heterocycles. The van der Waals surface area contributed by atoms with Crippen LogP contribution in [0.2, 0.25) is 0 Å². The van der Waals surface area contributed by atoms with Gasteiger partial charge in [0, 0.05) is 35.9 Å². The lowest BCUT2D eigenvalue weighted by Crippen LogP contribution is -2.01. The first kappa shape index (κ1) is 78.9. The van der Waals surface area contributed by atoms with Crippen LogP contribution in [0.25, 0.3) is 0 Å². The van der Waals surface area contributed by atoms with Crippen molar-refractivity contribution in [2.45, 2.75) is 199 Å². The summed E-state index contributed by atoms with van der Waals surface area (Å²) >= 11 is 0. The summed E-state index contributed by atoms with van der Waals surface area (Å²) < 4.78 is 18.1. The van der Waals surface area contributed by atoms with Gasteiger partial charge in [-0.15, -0.1) is 17.8 Å². The third-order valence-electron chi connectivity index (χ3n) is 15.9. The number of non-ortho nitro benzene ring substituents is 1. The van der Waals surface area contributed by atoms with Crippen LogP contribution in [0.3, 0.4) is 0 Å². The number of hydrogen-bond acceptors (Lipinski definition) is 12. The van der Waals surface area contributed by atoms with Gasteiger partial charge in [-0.2, -0.15) is 0 Å². The number of anilines is 1. The van der Waals surface area contributed by atoms with E-state index in [1.165, 1.54) is 109 Å². The van der Waals surface area contributed by atoms with Crippen molar-refractivity contribution in [3.05, 3.63) is 203 Å². The zero-order chi connectivity index (χ0) is 71.2. The minimum absolute atomic E-state index is 0.0149. The van der Waals surface area contributed by atoms with Crippen molar-refractivity contribution >= 4 is 28.4 Å². The number of ether oxygens (including phenoxy) is 3. The largest absolute Gasteiger partial charge is 0.492 e. The number of hydrogen-bond donors (Lipinski definition) is 1. The van der Waals surface area contributed by atoms with E-state index in [0.29, 0.717) is 59.1 Å². The summed E-state index contributed by atoms with van der Waals surface area (Å²) in [4.78, 5) is 43.6. The molecule has 0 radical (unpaired) electrons. The molecule has 0 saturated carbocycles. The number of nitrogen functional groups attached to an aromatic ring is 1. The van der Waals surface area contributed by atoms with E-state index in [9.17, 15) is 40.5 Å². The third kappa shape index (κ3) is 26.7. The van der Waals surface area contributed by atoms with Gasteiger partial charge in [0.05, 0.1) is 73.0 Å². The first-order valence-electron chi connectivity index (χ1n) is 33.5. The van der Waals surface area contributed by atoms with Gasteiger partial charge in [-0.25, -0.2) is 0 Å². The van der Waals surface area contributed by atoms with Crippen molar-refractivity contribution in [1.29, 1.82) is 0 Å². The van der Waals surface area contributed by atoms with E-state index in [1.807, 2.05) is 71.0 Å². The zero-order valence-electron chi connectivity index (χ0n) is 58.7. The molecular weight excluding hydrogens is 1220 g/mol. The Morgan fingerprint density at radius 3 is 1.00 bits per heavy atom. The monoisotopic (exact) mass is 1310 g/mol. The molecule has 0 saturated heterocycles. The van der Waals surface area contributed by atoms with Gasteiger partial charge in [0.1, 0.15) is 33.9 Å². The van der Waals surface area contributed by atoms with Gasteiger partial charge in [0.25, 0.3) is 22.7 Å². The third-order valence-corrected chi connectivity index (χ3v) is 15.9. The van der Waals surface area contributed by atoms with Crippen LogP contribution in [-0.4, -0.2) is 39.5 Å². The van der Waals surface area contributed by atoms with Crippen LogP contribution in [0.5, 0.6) is 17.2 Å². The van der Waals surface area contributed by atoms with Gasteiger partial charge in [0.15, 0.2) is 0 Å². The van der Waals surface area contributed by atoms with E-state index in [0.717, 1.165) is 100 Å². The summed E-state index contributed by atoms with van der Waals surface area (Å²) in [5.74, 6) is 36.3. The Bertz CT molecular complexity index is 4140. The number of benzene rings is 6. The fraction of sp³-hybridized carbons (Fsp3) is 0.407. The van der Waals surface area contributed by atoms with E-state index in [2.05, 4.69) is 98.7 Å². The highest BCUT2D eigenvalue weighted by Gasteiger charge is 2.23. The van der Waals surface area contributed by atoms with Crippen LogP contribution in [0.4, 0.5) is 28.4 Å². The Labute approximate surface area is 574 Å². The van der Waals surface area contributed by atoms with Gasteiger partial charge in [-0.1, -0.05) is 170 Å². The lowest BCUT2D eigenvalue weighted by atomic mass is 10.0. The maximum Gasteiger partial charge on any atom is 0.286 e. The Kier molecular flexibility index (Phi) is 34.8. The molecule has 2 N–H and O–H groups in total. The number of nitrogens with two attached hydrogens (primary N) is 1. The second-order valence-corrected chi connectivity index (χ2v) is 23.6. The quantitative estimate of drug-likeness (QED) is 0.0159. The average molecular weight is 1310 g/mol. The molecule has 0 bridgehead atoms. The number of nitro benzene ring substituents is 4. The molecule has 0 spiro atoms. The second kappa shape index (κ2) is 42.7. The Balaban J connectivity index is 0.000000310. The van der Waals surface area contributed by atoms with Crippen molar-refractivity contribution in [3.63, 3.8) is 0 Å². The van der Waals surface area contributed by atoms with Crippen LogP contribution in [0, 0.1) is 153 Å². The molecule has 6 aromatic rings. The molecule has 6 aromatic carbocycles. The van der Waals surface area contributed by atoms with E-state index in [4.69, 9.17) is 19.9 Å². The number of nitrogens with zero attached hydrogens (tertiary/aromatic N) is 4. The lowest BCUT2D eigenvalue weighted by Gasteiger charge is -2.11. The predicted octanol–water partition coefficient (Wildman–Crippen LogP) is 19.7. The average Bonchev–Trinajstić information content (AvgIpc) is 0.834. The van der Waals surface area contributed by atoms with Crippen molar-refractivity contribution < 1.29 is 33.9 Å². The molecule has 97 heavy (non-hydrogen) atoms. The second-order valence-electron chi connectivity index (χ2n) is 23.6. The van der Waals surface area contributed by atoms with Crippen LogP contribution >= 0.6 is 0 Å². The van der Waals surface area contributed by atoms with Crippen LogP contribution in [0.15, 0.2) is 78.9 Å². The van der Waals surface area contributed by atoms with Gasteiger partial charge in [0.2, 0.25) is 0 Å². The fourth-order valence-corrected chi connectivity index (χ4v) is 9.92. The van der Waals surface area contributed by atoms with E-state index in [-0.39, 0.29) is 33.9 Å². The number of aryl methyl sites for hydroxylation is 6. The minimum atomic E-state index is -0.611. The van der Waals surface area contributed by atoms with Crippen molar-refractivity contribution in [1.82, 2.24) is 0 Å². The first-order chi connectivity index (χ1) is 46.6. The van der Waals surface area contributed by atoms with Crippen LogP contribution < -0.4 is 19.9 Å². The van der Waals surface area contributed by atoms with E-state index < -0.39 is 19.7 Å². The van der Waals surface area contributed by atoms with Crippen molar-refractivity contribution in [2.24, 2.45) is 0 Å². The molecule has 0 amide bonds. The standard InChI is InChI=1S/C27H30N2O5.C27H32N2O3.C27H31NO3/c1-5-7-8-9-10-11-15-34-27-17-21(4)20(3)16-24(27)14-13-23-19-25(28(30)31)22(12-6-2)18-26(23)29(32)33;1-5-7-8-9-10-11-15-32-26-17-21(4)20(3)16-22(26)13-14-24-19-25(29(30)31)18-23(12-6-2)27(24)28;1-5-7-8-9-10-11-17-31-27-19-22(4)21(3)18-25(27)16-14-23-13-15-24(12-6-2)26(20-23)28(29)30/h16-19H,5,7-11,15H2,1-4H3;16-19H,5,7-11,15,28H2,1-4H3;13,15,18-20H,5,7-11,17H2,1-4H3. The zero-order valence-corrected chi connectivity index (χ0v) is 58.7. The maximum atomic E-state index is 11.6. The Hall–Kier alpha value is -10.5. The number of rotatable bonds is 28. The summed E-state index contributed by atoms with van der Waals surface area (Å²) in [5.41, 5.74) is 16.2. The SMILES string of the molecule is CC#Cc1cc([N+](=O)[O-])c(C#Cc2cc(C)c(C)cc2OCCCCCCCC)cc1[N+](=O)[O-].CC#Cc1cc([N+](=O)[O-])cc(C#Cc2cc(C)c(C)cc2OCCCCCCCC)c1N.CC#Cc1ccc(C#Cc2cc(C)c(C)cc2OCCCCCCCC)cc1[N+](=O)[O-]. The molecule has 0 atom stereocenters. The van der Waals surface area contributed by atoms with Gasteiger partial charge in [-0.3, -0.25) is 40.5 Å². The number of nitro groups is 4. The highest BCUT2D eigenvalue weighted by molar-refractivity contribution is 5.71. The molecule has 0 aliphatic rings. The van der Waals surface area contributed by atoms with Crippen LogP contribution in [-0.2, 0) is 0 Å². The minimum Gasteiger partial charge on any atom is -0.492 e. The summed E-state index contributed by atoms with van der Waals surface area (Å²) in [6.45, 7) is 25.4. The van der Waals surface area contributed by atoms with E-state index >= 15 is 0 Å². The molecular formula is C81H93N5O11. The van der Waals surface area contributed by atoms with E-state index in [1.54, 1.807) is 26.0 Å². The lowest BCUT2D eigenvalue weighted by molar-refractivity contribution is -0.389. The maximum absolute atomic E-state index is 11.6. The predicted molar refractivity (Wildman–Crippen MR) is 390 cm³/mol. The first-order valence-corrected chi connectivity index (χ1v) is 33.5. The molecule has 16 nitrogen and oxygen atoms in total. The summed E-state index contributed by atoms with van der Waals surface area (Å²) in [6.07, 6.45) is 21.3. The molecule has 16 heteroatoms. The molecule has 0 heterocycles. The van der Waals surface area contributed by atoms with Crippen LogP contribution in [0.1, 0.15) is 241 Å². The molecule has 0 unspecified atom stereocenters. The summed E-state index contributed by atoms with van der Waals surface area (Å²) in [7, 11) is 0. The topological polar surface area (TPSA) is 226 Å². The summed E-state index contributed by atoms with van der Waals surface area (Å²) in [5, 5.41) is 45.7.